The second-order valence-electron chi connectivity index (χ2n) is 6.25. The molecule has 2 aromatic carbocycles. The fourth-order valence-corrected chi connectivity index (χ4v) is 2.97. The van der Waals surface area contributed by atoms with Crippen LogP contribution in [0.15, 0.2) is 42.2 Å². The topological polar surface area (TPSA) is 74.3 Å². The van der Waals surface area contributed by atoms with Gasteiger partial charge in [-0.15, -0.1) is 0 Å². The van der Waals surface area contributed by atoms with Gasteiger partial charge in [-0.05, 0) is 49.8 Å². The van der Waals surface area contributed by atoms with Crippen LogP contribution < -0.4 is 18.9 Å². The van der Waals surface area contributed by atoms with Crippen LogP contribution in [-0.4, -0.2) is 44.1 Å². The monoisotopic (exact) mass is 397 g/mol. The number of amides is 1. The summed E-state index contributed by atoms with van der Waals surface area (Å²) in [6.45, 7) is 4.85. The van der Waals surface area contributed by atoms with E-state index in [-0.39, 0.29) is 11.5 Å². The zero-order valence-electron chi connectivity index (χ0n) is 16.9. The highest BCUT2D eigenvalue weighted by Gasteiger charge is 2.28. The van der Waals surface area contributed by atoms with Crippen LogP contribution in [0.25, 0.3) is 6.08 Å². The van der Waals surface area contributed by atoms with Gasteiger partial charge in [0.2, 0.25) is 5.78 Å². The SMILES string of the molecule is CCN(CC)C(=O)Oc1ccc2c(c1)OC(=Cc1ccc(OC)c(OC)c1)C2=O. The van der Waals surface area contributed by atoms with Crippen LogP contribution >= 0.6 is 0 Å². The summed E-state index contributed by atoms with van der Waals surface area (Å²) in [5.41, 5.74) is 1.14. The number of rotatable bonds is 6. The molecule has 0 spiro atoms. The van der Waals surface area contributed by atoms with Gasteiger partial charge in [0.05, 0.1) is 19.8 Å². The van der Waals surface area contributed by atoms with Crippen LogP contribution in [0.1, 0.15) is 29.8 Å². The van der Waals surface area contributed by atoms with E-state index >= 15 is 0 Å². The second kappa shape index (κ2) is 8.68. The van der Waals surface area contributed by atoms with Crippen molar-refractivity contribution < 1.29 is 28.5 Å². The number of benzene rings is 2. The lowest BCUT2D eigenvalue weighted by atomic mass is 10.1. The minimum absolute atomic E-state index is 0.180. The van der Waals surface area contributed by atoms with Crippen molar-refractivity contribution >= 4 is 18.0 Å². The molecule has 29 heavy (non-hydrogen) atoms. The highest BCUT2D eigenvalue weighted by Crippen LogP contribution is 2.36. The summed E-state index contributed by atoms with van der Waals surface area (Å²) in [6.07, 6.45) is 1.19. The van der Waals surface area contributed by atoms with E-state index in [9.17, 15) is 9.59 Å². The quantitative estimate of drug-likeness (QED) is 0.682. The molecule has 0 saturated carbocycles. The van der Waals surface area contributed by atoms with Crippen molar-refractivity contribution in [2.24, 2.45) is 0 Å². The summed E-state index contributed by atoms with van der Waals surface area (Å²) in [5, 5.41) is 0. The number of carbonyl (C=O) groups is 2. The number of ether oxygens (including phenoxy) is 4. The Hall–Kier alpha value is -3.48. The molecule has 2 aromatic rings. The summed E-state index contributed by atoms with van der Waals surface area (Å²) in [7, 11) is 3.10. The number of hydrogen-bond acceptors (Lipinski definition) is 6. The third kappa shape index (κ3) is 4.18. The molecule has 3 rings (SSSR count). The summed E-state index contributed by atoms with van der Waals surface area (Å²) in [4.78, 5) is 26.3. The molecule has 0 radical (unpaired) electrons. The predicted octanol–water partition coefficient (Wildman–Crippen LogP) is 4.16. The third-order valence-corrected chi connectivity index (χ3v) is 4.57. The third-order valence-electron chi connectivity index (χ3n) is 4.57. The molecule has 0 aromatic heterocycles. The number of fused-ring (bicyclic) bond motifs is 1. The molecule has 0 unspecified atom stereocenters. The Morgan fingerprint density at radius 1 is 1.03 bits per heavy atom. The largest absolute Gasteiger partial charge is 0.493 e. The average molecular weight is 397 g/mol. The zero-order chi connectivity index (χ0) is 21.0. The summed E-state index contributed by atoms with van der Waals surface area (Å²) >= 11 is 0. The molecular formula is C22H23NO6. The van der Waals surface area contributed by atoms with Gasteiger partial charge in [0.25, 0.3) is 0 Å². The van der Waals surface area contributed by atoms with E-state index in [2.05, 4.69) is 0 Å². The van der Waals surface area contributed by atoms with E-state index in [4.69, 9.17) is 18.9 Å². The van der Waals surface area contributed by atoms with Gasteiger partial charge >= 0.3 is 6.09 Å². The van der Waals surface area contributed by atoms with E-state index in [0.29, 0.717) is 41.7 Å². The number of carbonyl (C=O) groups excluding carboxylic acids is 2. The first-order valence-corrected chi connectivity index (χ1v) is 9.27. The molecular weight excluding hydrogens is 374 g/mol. The molecule has 152 valence electrons. The van der Waals surface area contributed by atoms with Gasteiger partial charge in [-0.25, -0.2) is 4.79 Å². The van der Waals surface area contributed by atoms with Gasteiger partial charge in [-0.2, -0.15) is 0 Å². The molecule has 7 nitrogen and oxygen atoms in total. The summed E-state index contributed by atoms with van der Waals surface area (Å²) < 4.78 is 21.6. The number of methoxy groups -OCH3 is 2. The van der Waals surface area contributed by atoms with Crippen molar-refractivity contribution in [1.29, 1.82) is 0 Å². The molecule has 1 amide bonds. The van der Waals surface area contributed by atoms with Gasteiger partial charge in [0, 0.05) is 19.2 Å². The van der Waals surface area contributed by atoms with E-state index in [1.54, 1.807) is 61.6 Å². The lowest BCUT2D eigenvalue weighted by Crippen LogP contribution is -2.33. The van der Waals surface area contributed by atoms with Gasteiger partial charge in [-0.3, -0.25) is 4.79 Å². The minimum atomic E-state index is -0.444. The fraction of sp³-hybridized carbons (Fsp3) is 0.273. The van der Waals surface area contributed by atoms with Gasteiger partial charge in [0.15, 0.2) is 17.3 Å². The molecule has 1 heterocycles. The lowest BCUT2D eigenvalue weighted by Gasteiger charge is -2.17. The predicted molar refractivity (Wildman–Crippen MR) is 108 cm³/mol. The first kappa shape index (κ1) is 20.3. The zero-order valence-corrected chi connectivity index (χ0v) is 16.9. The van der Waals surface area contributed by atoms with Crippen molar-refractivity contribution in [2.45, 2.75) is 13.8 Å². The number of allylic oxidation sites excluding steroid dienone is 1. The summed E-state index contributed by atoms with van der Waals surface area (Å²) in [5.74, 6) is 1.76. The fourth-order valence-electron chi connectivity index (χ4n) is 2.97. The molecule has 0 aliphatic carbocycles. The first-order chi connectivity index (χ1) is 14.0. The molecule has 7 heteroatoms. The van der Waals surface area contributed by atoms with E-state index in [0.717, 1.165) is 5.56 Å². The van der Waals surface area contributed by atoms with Crippen LogP contribution in [0.5, 0.6) is 23.0 Å². The first-order valence-electron chi connectivity index (χ1n) is 9.27. The molecule has 0 N–H and O–H groups in total. The standard InChI is InChI=1S/C22H23NO6/c1-5-23(6-2)22(25)28-15-8-9-16-18(13-15)29-20(21(16)24)12-14-7-10-17(26-3)19(11-14)27-4/h7-13H,5-6H2,1-4H3. The number of nitrogens with zero attached hydrogens (tertiary/aromatic N) is 1. The Morgan fingerprint density at radius 2 is 1.76 bits per heavy atom. The van der Waals surface area contributed by atoms with Crippen LogP contribution in [0.4, 0.5) is 4.79 Å². The molecule has 0 fully saturated rings. The average Bonchev–Trinajstić information content (AvgIpc) is 3.03. The highest BCUT2D eigenvalue weighted by atomic mass is 16.6. The maximum absolute atomic E-state index is 12.6. The maximum atomic E-state index is 12.6. The van der Waals surface area contributed by atoms with Crippen molar-refractivity contribution in [3.05, 3.63) is 53.3 Å². The van der Waals surface area contributed by atoms with E-state index < -0.39 is 6.09 Å². The van der Waals surface area contributed by atoms with E-state index in [1.807, 2.05) is 13.8 Å². The van der Waals surface area contributed by atoms with Crippen molar-refractivity contribution in [1.82, 2.24) is 4.90 Å². The minimum Gasteiger partial charge on any atom is -0.493 e. The van der Waals surface area contributed by atoms with Crippen LogP contribution in [0, 0.1) is 0 Å². The number of hydrogen-bond donors (Lipinski definition) is 0. The smallest absolute Gasteiger partial charge is 0.415 e. The molecule has 0 atom stereocenters. The number of Topliss-reactive ketones (excluding diaryl/α,β-unsaturated/α-hetero) is 1. The lowest BCUT2D eigenvalue weighted by molar-refractivity contribution is 0.101. The van der Waals surface area contributed by atoms with E-state index in [1.165, 1.54) is 0 Å². The van der Waals surface area contributed by atoms with Crippen molar-refractivity contribution in [2.75, 3.05) is 27.3 Å². The molecule has 0 bridgehead atoms. The summed E-state index contributed by atoms with van der Waals surface area (Å²) in [6, 6.07) is 10.0. The Labute approximate surface area is 169 Å². The molecule has 0 saturated heterocycles. The molecule has 1 aliphatic rings. The Morgan fingerprint density at radius 3 is 2.41 bits per heavy atom. The van der Waals surface area contributed by atoms with Crippen molar-refractivity contribution in [3.63, 3.8) is 0 Å². The Balaban J connectivity index is 1.82. The number of ketones is 1. The van der Waals surface area contributed by atoms with Crippen LogP contribution in [0.2, 0.25) is 0 Å². The van der Waals surface area contributed by atoms with Crippen LogP contribution in [0.3, 0.4) is 0 Å². The van der Waals surface area contributed by atoms with Crippen LogP contribution in [-0.2, 0) is 0 Å². The van der Waals surface area contributed by atoms with Crippen molar-refractivity contribution in [3.8, 4) is 23.0 Å². The molecule has 1 aliphatic heterocycles. The Kier molecular flexibility index (Phi) is 6.07. The van der Waals surface area contributed by atoms with Gasteiger partial charge < -0.3 is 23.8 Å². The second-order valence-corrected chi connectivity index (χ2v) is 6.25. The Bertz CT molecular complexity index is 962. The maximum Gasteiger partial charge on any atom is 0.415 e. The normalized spacial score (nSPS) is 13.7. The van der Waals surface area contributed by atoms with Gasteiger partial charge in [-0.1, -0.05) is 6.07 Å². The highest BCUT2D eigenvalue weighted by molar-refractivity contribution is 6.14. The van der Waals surface area contributed by atoms with Gasteiger partial charge in [0.1, 0.15) is 11.5 Å².